The van der Waals surface area contributed by atoms with Crippen LogP contribution in [0.2, 0.25) is 0 Å². The minimum Gasteiger partial charge on any atom is -0.385 e. The smallest absolute Gasteiger partial charge is 0.0882 e. The average Bonchev–Trinajstić information content (AvgIpc) is 2.45. The number of aliphatic hydroxyl groups is 1. The molecule has 2 fully saturated rings. The Kier molecular flexibility index (Phi) is 1.40. The van der Waals surface area contributed by atoms with E-state index in [1.807, 2.05) is 6.92 Å². The van der Waals surface area contributed by atoms with Crippen molar-refractivity contribution in [2.24, 2.45) is 11.8 Å². The van der Waals surface area contributed by atoms with E-state index in [1.165, 1.54) is 19.3 Å². The second kappa shape index (κ2) is 2.10. The summed E-state index contributed by atoms with van der Waals surface area (Å²) in [6, 6.07) is 0. The first-order chi connectivity index (χ1) is 5.13. The highest BCUT2D eigenvalue weighted by Crippen LogP contribution is 2.53. The summed E-state index contributed by atoms with van der Waals surface area (Å²) in [6.45, 7) is 5.84. The van der Waals surface area contributed by atoms with Gasteiger partial charge in [0.25, 0.3) is 0 Å². The molecule has 2 rings (SSSR count). The van der Waals surface area contributed by atoms with Crippen molar-refractivity contribution in [2.75, 3.05) is 0 Å². The highest BCUT2D eigenvalue weighted by Gasteiger charge is 2.50. The van der Waals surface area contributed by atoms with Gasteiger partial charge in [-0.2, -0.15) is 0 Å². The van der Waals surface area contributed by atoms with E-state index in [9.17, 15) is 5.11 Å². The van der Waals surface area contributed by atoms with Gasteiger partial charge in [-0.1, -0.05) is 6.58 Å². The summed E-state index contributed by atoms with van der Waals surface area (Å²) in [6.07, 6.45) is 4.77. The summed E-state index contributed by atoms with van der Waals surface area (Å²) in [7, 11) is 0. The van der Waals surface area contributed by atoms with E-state index in [-0.39, 0.29) is 0 Å². The zero-order valence-electron chi connectivity index (χ0n) is 7.14. The second-order valence-corrected chi connectivity index (χ2v) is 4.28. The second-order valence-electron chi connectivity index (χ2n) is 4.28. The van der Waals surface area contributed by atoms with Crippen molar-refractivity contribution in [3.05, 3.63) is 12.2 Å². The van der Waals surface area contributed by atoms with Crippen molar-refractivity contribution < 1.29 is 5.11 Å². The number of rotatable bonds is 1. The molecule has 1 N–H and O–H groups in total. The third kappa shape index (κ3) is 0.871. The van der Waals surface area contributed by atoms with Crippen molar-refractivity contribution in [3.8, 4) is 0 Å². The molecule has 3 atom stereocenters. The molecule has 2 aliphatic rings. The minimum absolute atomic E-state index is 0.483. The van der Waals surface area contributed by atoms with E-state index in [2.05, 4.69) is 6.58 Å². The number of hydrogen-bond donors (Lipinski definition) is 1. The van der Waals surface area contributed by atoms with Crippen LogP contribution in [0.5, 0.6) is 0 Å². The van der Waals surface area contributed by atoms with Gasteiger partial charge in [0.1, 0.15) is 0 Å². The molecule has 62 valence electrons. The van der Waals surface area contributed by atoms with Crippen LogP contribution in [0.25, 0.3) is 0 Å². The monoisotopic (exact) mass is 152 g/mol. The molecule has 2 aliphatic carbocycles. The molecule has 0 spiro atoms. The summed E-state index contributed by atoms with van der Waals surface area (Å²) in [5, 5.41) is 10.2. The van der Waals surface area contributed by atoms with E-state index in [1.54, 1.807) is 0 Å². The lowest BCUT2D eigenvalue weighted by molar-refractivity contribution is 0.0230. The molecule has 0 aromatic heterocycles. The van der Waals surface area contributed by atoms with Gasteiger partial charge >= 0.3 is 0 Å². The van der Waals surface area contributed by atoms with Gasteiger partial charge in [0, 0.05) is 0 Å². The van der Waals surface area contributed by atoms with Crippen LogP contribution in [0.1, 0.15) is 32.6 Å². The highest BCUT2D eigenvalue weighted by atomic mass is 16.3. The molecule has 1 heteroatoms. The average molecular weight is 152 g/mol. The summed E-state index contributed by atoms with van der Waals surface area (Å²) >= 11 is 0. The number of fused-ring (bicyclic) bond motifs is 2. The molecule has 2 bridgehead atoms. The Morgan fingerprint density at radius 2 is 2.27 bits per heavy atom. The topological polar surface area (TPSA) is 20.2 Å². The lowest BCUT2D eigenvalue weighted by atomic mass is 9.80. The molecular formula is C10H16O. The van der Waals surface area contributed by atoms with Crippen LogP contribution in [0.4, 0.5) is 0 Å². The Balaban J connectivity index is 2.23. The first-order valence-electron chi connectivity index (χ1n) is 4.51. The third-order valence-electron chi connectivity index (χ3n) is 3.56. The van der Waals surface area contributed by atoms with Gasteiger partial charge in [-0.25, -0.2) is 0 Å². The van der Waals surface area contributed by atoms with E-state index >= 15 is 0 Å². The summed E-state index contributed by atoms with van der Waals surface area (Å²) < 4.78 is 0. The summed E-state index contributed by atoms with van der Waals surface area (Å²) in [4.78, 5) is 0. The fraction of sp³-hybridized carbons (Fsp3) is 0.800. The molecule has 0 aromatic carbocycles. The quantitative estimate of drug-likeness (QED) is 0.570. The highest BCUT2D eigenvalue weighted by molar-refractivity contribution is 5.18. The molecule has 1 nitrogen and oxygen atoms in total. The Morgan fingerprint density at radius 3 is 2.55 bits per heavy atom. The molecule has 0 radical (unpaired) electrons. The summed E-state index contributed by atoms with van der Waals surface area (Å²) in [5.74, 6) is 1.33. The largest absolute Gasteiger partial charge is 0.385 e. The van der Waals surface area contributed by atoms with Gasteiger partial charge < -0.3 is 5.11 Å². The lowest BCUT2D eigenvalue weighted by Gasteiger charge is -2.32. The van der Waals surface area contributed by atoms with E-state index < -0.39 is 5.60 Å². The Labute approximate surface area is 68.1 Å². The Morgan fingerprint density at radius 1 is 1.55 bits per heavy atom. The fourth-order valence-corrected chi connectivity index (χ4v) is 2.82. The Bertz CT molecular complexity index is 197. The maximum Gasteiger partial charge on any atom is 0.0882 e. The molecular weight excluding hydrogens is 136 g/mol. The first kappa shape index (κ1) is 7.35. The van der Waals surface area contributed by atoms with Crippen molar-refractivity contribution >= 4 is 0 Å². The maximum absolute atomic E-state index is 10.2. The van der Waals surface area contributed by atoms with Crippen LogP contribution in [0.3, 0.4) is 0 Å². The van der Waals surface area contributed by atoms with Gasteiger partial charge in [0.05, 0.1) is 5.60 Å². The zero-order chi connectivity index (χ0) is 8.06. The van der Waals surface area contributed by atoms with Gasteiger partial charge in [-0.05, 0) is 50.0 Å². The molecule has 0 aromatic rings. The predicted molar refractivity (Wildman–Crippen MR) is 45.2 cm³/mol. The maximum atomic E-state index is 10.2. The third-order valence-corrected chi connectivity index (χ3v) is 3.56. The lowest BCUT2D eigenvalue weighted by Crippen LogP contribution is -2.35. The Hall–Kier alpha value is -0.300. The zero-order valence-corrected chi connectivity index (χ0v) is 7.14. The van der Waals surface area contributed by atoms with Gasteiger partial charge in [0.2, 0.25) is 0 Å². The molecule has 0 heterocycles. The van der Waals surface area contributed by atoms with Crippen LogP contribution in [0, 0.1) is 11.8 Å². The van der Waals surface area contributed by atoms with E-state index in [0.29, 0.717) is 5.92 Å². The standard InChI is InChI=1S/C10H16O/c1-7(2)10(11)6-8-3-4-9(10)5-8/h8-9,11H,1,3-6H2,2H3. The van der Waals surface area contributed by atoms with Crippen LogP contribution >= 0.6 is 0 Å². The van der Waals surface area contributed by atoms with Gasteiger partial charge in [-0.3, -0.25) is 0 Å². The molecule has 0 aliphatic heterocycles. The van der Waals surface area contributed by atoms with Crippen molar-refractivity contribution in [3.63, 3.8) is 0 Å². The predicted octanol–water partition coefficient (Wildman–Crippen LogP) is 2.11. The summed E-state index contributed by atoms with van der Waals surface area (Å²) in [5.41, 5.74) is 0.493. The van der Waals surface area contributed by atoms with Crippen LogP contribution < -0.4 is 0 Å². The van der Waals surface area contributed by atoms with E-state index in [4.69, 9.17) is 0 Å². The van der Waals surface area contributed by atoms with Crippen LogP contribution in [-0.2, 0) is 0 Å². The SMILES string of the molecule is C=C(C)C1(O)CC2CCC1C2. The van der Waals surface area contributed by atoms with E-state index in [0.717, 1.165) is 17.9 Å². The normalized spacial score (nSPS) is 48.2. The van der Waals surface area contributed by atoms with Crippen molar-refractivity contribution in [1.82, 2.24) is 0 Å². The molecule has 3 unspecified atom stereocenters. The minimum atomic E-state index is -0.483. The molecule has 11 heavy (non-hydrogen) atoms. The molecule has 0 saturated heterocycles. The van der Waals surface area contributed by atoms with Gasteiger partial charge in [0.15, 0.2) is 0 Å². The molecule has 0 amide bonds. The van der Waals surface area contributed by atoms with Crippen molar-refractivity contribution in [1.29, 1.82) is 0 Å². The van der Waals surface area contributed by atoms with Crippen LogP contribution in [-0.4, -0.2) is 10.7 Å². The van der Waals surface area contributed by atoms with Gasteiger partial charge in [-0.15, -0.1) is 0 Å². The number of hydrogen-bond acceptors (Lipinski definition) is 1. The molecule has 2 saturated carbocycles. The van der Waals surface area contributed by atoms with Crippen LogP contribution in [0.15, 0.2) is 12.2 Å². The first-order valence-corrected chi connectivity index (χ1v) is 4.51. The fourth-order valence-electron chi connectivity index (χ4n) is 2.82. The van der Waals surface area contributed by atoms with Crippen molar-refractivity contribution in [2.45, 2.75) is 38.2 Å².